The summed E-state index contributed by atoms with van der Waals surface area (Å²) < 4.78 is 0. The molecule has 1 radical (unpaired) electrons. The monoisotopic (exact) mass is 312 g/mol. The molecule has 0 aliphatic rings. The van der Waals surface area contributed by atoms with Gasteiger partial charge in [-0.05, 0) is 41.5 Å². The summed E-state index contributed by atoms with van der Waals surface area (Å²) in [6.07, 6.45) is 3.20. The molecule has 3 N–H and O–H groups in total. The van der Waals surface area contributed by atoms with Crippen molar-refractivity contribution in [1.82, 2.24) is 5.32 Å². The number of benzene rings is 2. The van der Waals surface area contributed by atoms with Gasteiger partial charge in [0, 0.05) is 13.1 Å². The van der Waals surface area contributed by atoms with E-state index in [1.54, 1.807) is 0 Å². The minimum atomic E-state index is -0.470. The molecule has 0 spiro atoms. The Morgan fingerprint density at radius 2 is 1.70 bits per heavy atom. The summed E-state index contributed by atoms with van der Waals surface area (Å²) >= 11 is 0. The van der Waals surface area contributed by atoms with Gasteiger partial charge in [-0.2, -0.15) is 0 Å². The van der Waals surface area contributed by atoms with Gasteiger partial charge >= 0.3 is 0 Å². The minimum Gasteiger partial charge on any atom is -0.392 e. The molecule has 0 amide bonds. The summed E-state index contributed by atoms with van der Waals surface area (Å²) in [6.45, 7) is 3.53. The fourth-order valence-electron chi connectivity index (χ4n) is 2.46. The predicted octanol–water partition coefficient (Wildman–Crippen LogP) is 2.64. The first-order valence-corrected chi connectivity index (χ1v) is 8.20. The quantitative estimate of drug-likeness (QED) is 0.667. The van der Waals surface area contributed by atoms with Crippen molar-refractivity contribution in [1.29, 1.82) is 0 Å². The maximum atomic E-state index is 10.0. The van der Waals surface area contributed by atoms with Crippen molar-refractivity contribution in [2.24, 2.45) is 0 Å². The molecule has 0 bridgehead atoms. The van der Waals surface area contributed by atoms with E-state index >= 15 is 0 Å². The van der Waals surface area contributed by atoms with Crippen molar-refractivity contribution >= 4 is 0 Å². The molecule has 0 aromatic heterocycles. The van der Waals surface area contributed by atoms with Gasteiger partial charge in [-0.3, -0.25) is 0 Å². The van der Waals surface area contributed by atoms with Crippen molar-refractivity contribution in [3.63, 3.8) is 0 Å². The Morgan fingerprint density at radius 1 is 1.00 bits per heavy atom. The first-order chi connectivity index (χ1) is 11.2. The van der Waals surface area contributed by atoms with Crippen LogP contribution in [0.15, 0.2) is 48.5 Å². The summed E-state index contributed by atoms with van der Waals surface area (Å²) in [5, 5.41) is 22.3. The maximum absolute atomic E-state index is 10.0. The molecule has 0 heterocycles. The highest BCUT2D eigenvalue weighted by molar-refractivity contribution is 5.24. The van der Waals surface area contributed by atoms with E-state index in [-0.39, 0.29) is 6.61 Å². The summed E-state index contributed by atoms with van der Waals surface area (Å²) in [4.78, 5) is 0. The number of aliphatic hydroxyl groups excluding tert-OH is 2. The Morgan fingerprint density at radius 3 is 2.39 bits per heavy atom. The van der Waals surface area contributed by atoms with Crippen LogP contribution in [-0.2, 0) is 26.0 Å². The molecule has 0 aliphatic carbocycles. The molecule has 3 heteroatoms. The Hall–Kier alpha value is -1.68. The Balaban J connectivity index is 1.69. The van der Waals surface area contributed by atoms with Crippen LogP contribution in [0.25, 0.3) is 0 Å². The van der Waals surface area contributed by atoms with Crippen molar-refractivity contribution in [2.45, 2.75) is 39.0 Å². The zero-order valence-corrected chi connectivity index (χ0v) is 13.7. The van der Waals surface area contributed by atoms with Gasteiger partial charge in [-0.1, -0.05) is 55.5 Å². The third-order valence-corrected chi connectivity index (χ3v) is 3.91. The van der Waals surface area contributed by atoms with Gasteiger partial charge in [0.1, 0.15) is 0 Å². The van der Waals surface area contributed by atoms with E-state index in [2.05, 4.69) is 36.5 Å². The van der Waals surface area contributed by atoms with E-state index in [1.165, 1.54) is 11.1 Å². The van der Waals surface area contributed by atoms with Gasteiger partial charge in [-0.25, -0.2) is 0 Å². The molecule has 0 saturated carbocycles. The SMILES string of the molecule is CCc1cccc(CNCC(O)[CH]Cc2ccc(CO)cc2)c1. The van der Waals surface area contributed by atoms with Gasteiger partial charge in [0.05, 0.1) is 12.7 Å². The molecule has 123 valence electrons. The lowest BCUT2D eigenvalue weighted by atomic mass is 10.0. The van der Waals surface area contributed by atoms with Gasteiger partial charge in [0.15, 0.2) is 0 Å². The molecule has 1 atom stereocenters. The third kappa shape index (κ3) is 6.14. The smallest absolute Gasteiger partial charge is 0.0699 e. The summed E-state index contributed by atoms with van der Waals surface area (Å²) in [7, 11) is 0. The average Bonchev–Trinajstić information content (AvgIpc) is 2.60. The normalized spacial score (nSPS) is 12.3. The largest absolute Gasteiger partial charge is 0.392 e. The lowest BCUT2D eigenvalue weighted by molar-refractivity contribution is 0.200. The molecule has 0 fully saturated rings. The van der Waals surface area contributed by atoms with Crippen molar-refractivity contribution < 1.29 is 10.2 Å². The zero-order chi connectivity index (χ0) is 16.5. The number of nitrogens with one attached hydrogen (secondary N) is 1. The fraction of sp³-hybridized carbons (Fsp3) is 0.350. The van der Waals surface area contributed by atoms with Crippen LogP contribution in [0, 0.1) is 6.42 Å². The Labute approximate surface area is 139 Å². The predicted molar refractivity (Wildman–Crippen MR) is 93.9 cm³/mol. The maximum Gasteiger partial charge on any atom is 0.0699 e. The zero-order valence-electron chi connectivity index (χ0n) is 13.7. The molecule has 0 saturated heterocycles. The standard InChI is InChI=1S/C20H26NO2/c1-2-16-4-3-5-19(12-16)13-21-14-20(23)11-10-17-6-8-18(15-22)9-7-17/h3-9,11-12,20-23H,2,10,13-15H2,1H3. The van der Waals surface area contributed by atoms with Crippen LogP contribution in [0.4, 0.5) is 0 Å². The molecular weight excluding hydrogens is 286 g/mol. The number of aliphatic hydroxyl groups is 2. The van der Waals surface area contributed by atoms with Crippen molar-refractivity contribution in [3.8, 4) is 0 Å². The second kappa shape index (κ2) is 9.46. The highest BCUT2D eigenvalue weighted by Gasteiger charge is 2.05. The minimum absolute atomic E-state index is 0.0652. The van der Waals surface area contributed by atoms with Crippen LogP contribution < -0.4 is 5.32 Å². The van der Waals surface area contributed by atoms with Crippen LogP contribution >= 0.6 is 0 Å². The van der Waals surface area contributed by atoms with E-state index in [9.17, 15) is 5.11 Å². The average molecular weight is 312 g/mol. The first-order valence-electron chi connectivity index (χ1n) is 8.20. The molecular formula is C20H26NO2. The van der Waals surface area contributed by atoms with Gasteiger partial charge in [0.2, 0.25) is 0 Å². The van der Waals surface area contributed by atoms with Crippen molar-refractivity contribution in [3.05, 3.63) is 77.2 Å². The second-order valence-electron chi connectivity index (χ2n) is 5.79. The highest BCUT2D eigenvalue weighted by Crippen LogP contribution is 2.08. The lowest BCUT2D eigenvalue weighted by Crippen LogP contribution is -2.27. The van der Waals surface area contributed by atoms with Gasteiger partial charge < -0.3 is 15.5 Å². The Bertz CT molecular complexity index is 580. The lowest BCUT2D eigenvalue weighted by Gasteiger charge is -2.12. The molecule has 2 aromatic carbocycles. The molecule has 3 nitrogen and oxygen atoms in total. The van der Waals surface area contributed by atoms with Crippen LogP contribution in [0.2, 0.25) is 0 Å². The van der Waals surface area contributed by atoms with Crippen LogP contribution in [-0.4, -0.2) is 22.9 Å². The van der Waals surface area contributed by atoms with Crippen LogP contribution in [0.1, 0.15) is 29.2 Å². The first kappa shape index (κ1) is 17.7. The fourth-order valence-corrected chi connectivity index (χ4v) is 2.46. The molecule has 1 unspecified atom stereocenters. The van der Waals surface area contributed by atoms with Crippen LogP contribution in [0.3, 0.4) is 0 Å². The summed E-state index contributed by atoms with van der Waals surface area (Å²) in [5.41, 5.74) is 4.63. The van der Waals surface area contributed by atoms with E-state index < -0.39 is 6.10 Å². The van der Waals surface area contributed by atoms with E-state index in [1.807, 2.05) is 30.7 Å². The number of hydrogen-bond acceptors (Lipinski definition) is 3. The summed E-state index contributed by atoms with van der Waals surface area (Å²) in [6, 6.07) is 16.3. The van der Waals surface area contributed by atoms with E-state index in [0.29, 0.717) is 6.54 Å². The number of rotatable bonds is 9. The molecule has 2 aromatic rings. The number of aryl methyl sites for hydroxylation is 1. The van der Waals surface area contributed by atoms with Crippen molar-refractivity contribution in [2.75, 3.05) is 6.54 Å². The van der Waals surface area contributed by atoms with Gasteiger partial charge in [0.25, 0.3) is 0 Å². The van der Waals surface area contributed by atoms with Gasteiger partial charge in [-0.15, -0.1) is 0 Å². The molecule has 23 heavy (non-hydrogen) atoms. The topological polar surface area (TPSA) is 52.5 Å². The van der Waals surface area contributed by atoms with E-state index in [4.69, 9.17) is 5.11 Å². The number of hydrogen-bond donors (Lipinski definition) is 3. The summed E-state index contributed by atoms with van der Waals surface area (Å²) in [5.74, 6) is 0. The highest BCUT2D eigenvalue weighted by atomic mass is 16.3. The third-order valence-electron chi connectivity index (χ3n) is 3.91. The van der Waals surface area contributed by atoms with Crippen LogP contribution in [0.5, 0.6) is 0 Å². The second-order valence-corrected chi connectivity index (χ2v) is 5.79. The molecule has 0 aliphatic heterocycles. The Kier molecular flexibility index (Phi) is 7.27. The molecule has 2 rings (SSSR count). The van der Waals surface area contributed by atoms with E-state index in [0.717, 1.165) is 30.5 Å².